The maximum Gasteiger partial charge on any atom is 0.162 e. The fraction of sp³-hybridized carbons (Fsp3) is 0.600. The zero-order valence-electron chi connectivity index (χ0n) is 10.6. The lowest BCUT2D eigenvalue weighted by atomic mass is 9.97. The summed E-state index contributed by atoms with van der Waals surface area (Å²) in [4.78, 5) is 0. The molecule has 0 aliphatic heterocycles. The van der Waals surface area contributed by atoms with Gasteiger partial charge in [0.1, 0.15) is 0 Å². The normalized spacial score (nSPS) is 31.2. The van der Waals surface area contributed by atoms with E-state index in [1.165, 1.54) is 25.3 Å². The van der Waals surface area contributed by atoms with Crippen LogP contribution in [0.15, 0.2) is 18.2 Å². The largest absolute Gasteiger partial charge is 0.316 e. The topological polar surface area (TPSA) is 12.0 Å². The Labute approximate surface area is 107 Å². The first-order chi connectivity index (χ1) is 8.72. The second-order valence-corrected chi connectivity index (χ2v) is 5.65. The number of hydrogen-bond donors (Lipinski definition) is 1. The molecule has 0 saturated heterocycles. The van der Waals surface area contributed by atoms with Crippen LogP contribution < -0.4 is 5.32 Å². The standard InChI is InChI=1S/C15H19F2N/c1-18-13(14-10-5-3-6-11(10)14)8-9-4-2-7-12(16)15(9)17/h2,4,7,10-11,13-14,18H,3,5-6,8H2,1H3. The summed E-state index contributed by atoms with van der Waals surface area (Å²) in [5, 5.41) is 3.30. The first kappa shape index (κ1) is 12.1. The molecular formula is C15H19F2N. The second-order valence-electron chi connectivity index (χ2n) is 5.65. The summed E-state index contributed by atoms with van der Waals surface area (Å²) in [6, 6.07) is 4.75. The molecule has 0 bridgehead atoms. The summed E-state index contributed by atoms with van der Waals surface area (Å²) >= 11 is 0. The van der Waals surface area contributed by atoms with E-state index < -0.39 is 11.6 Å². The van der Waals surface area contributed by atoms with E-state index in [1.807, 2.05) is 7.05 Å². The van der Waals surface area contributed by atoms with Crippen molar-refractivity contribution >= 4 is 0 Å². The van der Waals surface area contributed by atoms with Gasteiger partial charge >= 0.3 is 0 Å². The molecule has 1 nitrogen and oxygen atoms in total. The number of fused-ring (bicyclic) bond motifs is 1. The molecular weight excluding hydrogens is 232 g/mol. The number of halogens is 2. The quantitative estimate of drug-likeness (QED) is 0.867. The van der Waals surface area contributed by atoms with Crippen molar-refractivity contribution in [1.29, 1.82) is 0 Å². The van der Waals surface area contributed by atoms with E-state index in [1.54, 1.807) is 12.1 Å². The third-order valence-electron chi connectivity index (χ3n) is 4.78. The Morgan fingerprint density at radius 1 is 1.28 bits per heavy atom. The fourth-order valence-electron chi connectivity index (χ4n) is 3.85. The first-order valence-electron chi connectivity index (χ1n) is 6.82. The van der Waals surface area contributed by atoms with Crippen molar-refractivity contribution in [3.63, 3.8) is 0 Å². The van der Waals surface area contributed by atoms with Gasteiger partial charge in [0.2, 0.25) is 0 Å². The minimum atomic E-state index is -0.738. The van der Waals surface area contributed by atoms with Crippen molar-refractivity contribution in [2.45, 2.75) is 31.7 Å². The van der Waals surface area contributed by atoms with Gasteiger partial charge in [-0.05, 0) is 55.7 Å². The minimum absolute atomic E-state index is 0.289. The van der Waals surface area contributed by atoms with Gasteiger partial charge in [-0.2, -0.15) is 0 Å². The van der Waals surface area contributed by atoms with Crippen LogP contribution in [-0.2, 0) is 6.42 Å². The Morgan fingerprint density at radius 2 is 2.00 bits per heavy atom. The Kier molecular flexibility index (Phi) is 3.10. The van der Waals surface area contributed by atoms with E-state index in [-0.39, 0.29) is 6.04 Å². The molecule has 2 aliphatic rings. The Bertz CT molecular complexity index is 436. The minimum Gasteiger partial charge on any atom is -0.316 e. The molecule has 1 aromatic rings. The zero-order valence-corrected chi connectivity index (χ0v) is 10.6. The summed E-state index contributed by atoms with van der Waals surface area (Å²) in [7, 11) is 1.93. The van der Waals surface area contributed by atoms with Crippen LogP contribution in [0.4, 0.5) is 8.78 Å². The van der Waals surface area contributed by atoms with E-state index in [0.29, 0.717) is 17.9 Å². The predicted octanol–water partition coefficient (Wildman–Crippen LogP) is 3.14. The highest BCUT2D eigenvalue weighted by atomic mass is 19.2. The highest BCUT2D eigenvalue weighted by molar-refractivity contribution is 5.21. The predicted molar refractivity (Wildman–Crippen MR) is 67.2 cm³/mol. The van der Waals surface area contributed by atoms with Crippen LogP contribution in [0.2, 0.25) is 0 Å². The van der Waals surface area contributed by atoms with Gasteiger partial charge in [-0.3, -0.25) is 0 Å². The summed E-state index contributed by atoms with van der Waals surface area (Å²) in [6.45, 7) is 0. The molecule has 3 rings (SSSR count). The molecule has 18 heavy (non-hydrogen) atoms. The average Bonchev–Trinajstić information content (AvgIpc) is 2.84. The average molecular weight is 251 g/mol. The third-order valence-corrected chi connectivity index (χ3v) is 4.78. The van der Waals surface area contributed by atoms with Crippen LogP contribution in [0, 0.1) is 29.4 Å². The Morgan fingerprint density at radius 3 is 2.67 bits per heavy atom. The molecule has 2 saturated carbocycles. The number of hydrogen-bond acceptors (Lipinski definition) is 1. The molecule has 0 aromatic heterocycles. The summed E-state index contributed by atoms with van der Waals surface area (Å²) in [5.41, 5.74) is 0.499. The summed E-state index contributed by atoms with van der Waals surface area (Å²) < 4.78 is 26.9. The molecule has 0 radical (unpaired) electrons. The van der Waals surface area contributed by atoms with Gasteiger partial charge in [-0.15, -0.1) is 0 Å². The van der Waals surface area contributed by atoms with E-state index in [2.05, 4.69) is 5.32 Å². The van der Waals surface area contributed by atoms with Crippen molar-refractivity contribution in [2.75, 3.05) is 7.05 Å². The highest BCUT2D eigenvalue weighted by Gasteiger charge is 2.55. The van der Waals surface area contributed by atoms with Gasteiger partial charge in [0, 0.05) is 6.04 Å². The van der Waals surface area contributed by atoms with Gasteiger partial charge in [0.15, 0.2) is 11.6 Å². The van der Waals surface area contributed by atoms with Gasteiger partial charge in [0.05, 0.1) is 0 Å². The lowest BCUT2D eigenvalue weighted by Crippen LogP contribution is -2.32. The van der Waals surface area contributed by atoms with Crippen molar-refractivity contribution in [3.8, 4) is 0 Å². The molecule has 3 heteroatoms. The molecule has 3 atom stereocenters. The van der Waals surface area contributed by atoms with Gasteiger partial charge < -0.3 is 5.32 Å². The Balaban J connectivity index is 1.72. The van der Waals surface area contributed by atoms with Gasteiger partial charge in [-0.1, -0.05) is 18.6 Å². The molecule has 98 valence electrons. The molecule has 0 heterocycles. The lowest BCUT2D eigenvalue weighted by molar-refractivity contribution is 0.417. The molecule has 1 N–H and O–H groups in total. The van der Waals surface area contributed by atoms with Crippen LogP contribution in [0.5, 0.6) is 0 Å². The summed E-state index contributed by atoms with van der Waals surface area (Å²) in [6.07, 6.45) is 4.58. The van der Waals surface area contributed by atoms with Crippen LogP contribution in [0.3, 0.4) is 0 Å². The van der Waals surface area contributed by atoms with Gasteiger partial charge in [-0.25, -0.2) is 8.78 Å². The smallest absolute Gasteiger partial charge is 0.162 e. The molecule has 2 fully saturated rings. The van der Waals surface area contributed by atoms with Crippen LogP contribution in [0.25, 0.3) is 0 Å². The number of benzene rings is 1. The maximum atomic E-state index is 13.7. The molecule has 0 amide bonds. The summed E-state index contributed by atoms with van der Waals surface area (Å²) in [5.74, 6) is 0.923. The van der Waals surface area contributed by atoms with E-state index in [4.69, 9.17) is 0 Å². The lowest BCUT2D eigenvalue weighted by Gasteiger charge is -2.18. The Hall–Kier alpha value is -0.960. The van der Waals surface area contributed by atoms with Crippen LogP contribution >= 0.6 is 0 Å². The molecule has 3 unspecified atom stereocenters. The highest BCUT2D eigenvalue weighted by Crippen LogP contribution is 2.59. The number of rotatable bonds is 4. The second kappa shape index (κ2) is 4.61. The number of nitrogens with one attached hydrogen (secondary N) is 1. The van der Waals surface area contributed by atoms with Crippen molar-refractivity contribution in [2.24, 2.45) is 17.8 Å². The maximum absolute atomic E-state index is 13.7. The van der Waals surface area contributed by atoms with Crippen LogP contribution in [0.1, 0.15) is 24.8 Å². The van der Waals surface area contributed by atoms with Gasteiger partial charge in [0.25, 0.3) is 0 Å². The zero-order chi connectivity index (χ0) is 12.7. The van der Waals surface area contributed by atoms with E-state index in [9.17, 15) is 8.78 Å². The van der Waals surface area contributed by atoms with Crippen LogP contribution in [-0.4, -0.2) is 13.1 Å². The SMILES string of the molecule is CNC(Cc1cccc(F)c1F)C1C2CCCC21. The first-order valence-corrected chi connectivity index (χ1v) is 6.82. The fourth-order valence-corrected chi connectivity index (χ4v) is 3.85. The monoisotopic (exact) mass is 251 g/mol. The third kappa shape index (κ3) is 1.95. The van der Waals surface area contributed by atoms with Crippen molar-refractivity contribution in [1.82, 2.24) is 5.32 Å². The van der Waals surface area contributed by atoms with E-state index in [0.717, 1.165) is 11.8 Å². The van der Waals surface area contributed by atoms with E-state index >= 15 is 0 Å². The van der Waals surface area contributed by atoms with Crippen molar-refractivity contribution in [3.05, 3.63) is 35.4 Å². The van der Waals surface area contributed by atoms with Crippen molar-refractivity contribution < 1.29 is 8.78 Å². The molecule has 2 aliphatic carbocycles. The molecule has 1 aromatic carbocycles. The molecule has 0 spiro atoms. The number of likely N-dealkylation sites (N-methyl/N-ethyl adjacent to an activating group) is 1.